The van der Waals surface area contributed by atoms with E-state index < -0.39 is 23.1 Å². The van der Waals surface area contributed by atoms with Crippen molar-refractivity contribution in [2.75, 3.05) is 44.3 Å². The van der Waals surface area contributed by atoms with Crippen LogP contribution in [0, 0.1) is 114 Å². The van der Waals surface area contributed by atoms with Gasteiger partial charge in [0, 0.05) is 86.4 Å². The van der Waals surface area contributed by atoms with E-state index in [0.717, 1.165) is 98.3 Å². The fraction of sp³-hybridized carbons (Fsp3) is 0.189. The molecule has 0 radical (unpaired) electrons. The van der Waals surface area contributed by atoms with Crippen molar-refractivity contribution in [2.24, 2.45) is 0 Å². The maximum absolute atomic E-state index is 12.8. The number of benzene rings is 9. The number of aliphatic hydroxyl groups is 2. The van der Waals surface area contributed by atoms with E-state index in [1.165, 1.54) is 52.3 Å². The van der Waals surface area contributed by atoms with E-state index in [1.807, 2.05) is 230 Å². The Morgan fingerprint density at radius 1 is 0.343 bits per heavy atom. The van der Waals surface area contributed by atoms with Crippen LogP contribution in [0.25, 0.3) is 56.9 Å². The fourth-order valence-electron chi connectivity index (χ4n) is 15.9. The number of nitrogens with one attached hydrogen (secondary N) is 2. The molecule has 5 aliphatic heterocycles. The van der Waals surface area contributed by atoms with Gasteiger partial charge in [0.25, 0.3) is 11.4 Å². The molecule has 4 N–H and O–H groups in total. The first kappa shape index (κ1) is 101. The van der Waals surface area contributed by atoms with Crippen LogP contribution in [0.5, 0.6) is 0 Å². The van der Waals surface area contributed by atoms with E-state index in [0.29, 0.717) is 121 Å². The minimum absolute atomic E-state index is 0.00337. The molecule has 37 heteroatoms. The molecule has 5 aromatic heterocycles. The molecule has 0 fully saturated rings. The summed E-state index contributed by atoms with van der Waals surface area (Å²) in [5.74, 6) is 3.40. The van der Waals surface area contributed by atoms with Crippen LogP contribution in [0.2, 0.25) is 0 Å². The summed E-state index contributed by atoms with van der Waals surface area (Å²) in [6.45, 7) is 15.8. The van der Waals surface area contributed by atoms with E-state index in [2.05, 4.69) is 62.8 Å². The number of nitriles is 3. The third kappa shape index (κ3) is 23.1. The molecule has 0 unspecified atom stereocenters. The van der Waals surface area contributed by atoms with E-state index >= 15 is 0 Å². The molecule has 37 nitrogen and oxygen atoms in total. The number of aryl methyl sites for hydroxylation is 7. The fourth-order valence-corrected chi connectivity index (χ4v) is 15.9. The quantitative estimate of drug-likeness (QED) is 0.0238. The van der Waals surface area contributed by atoms with Gasteiger partial charge in [-0.15, -0.1) is 0 Å². The zero-order chi connectivity index (χ0) is 103. The summed E-state index contributed by atoms with van der Waals surface area (Å²) in [5.41, 5.74) is 17.5. The lowest BCUT2D eigenvalue weighted by atomic mass is 10.1. The summed E-state index contributed by atoms with van der Waals surface area (Å²) in [6, 6.07) is 71.3. The lowest BCUT2D eigenvalue weighted by Gasteiger charge is -2.18. The first-order chi connectivity index (χ1) is 68.9. The number of fused-ring (bicyclic) bond motifs is 5. The SMILES string of the molecule is CCCCCCN1C(=O)Cc2c(C#N)nc(-c3ccc(C)cc3)nc21.Cc1ccc(-c2nc(C#N)c3c(n2)N(c2ccc([N+](=O)[O-])cc2)C(=O)C3)cc1.Cc1ccc(-c2nc(C#N)c3c(n2)N(c2cccc([N+](=O)[O-])c2)C(=O)C3)cc1.Cc1ccc(-c2nc(C(=N)CO)c3c(n2)N(c2ccc(C)cc2)C(=O)C3)cc1.Cc1ccc(-c2nc(C(=N)CO)c3c(n2)N(c2cccc(C)c2)C(=O)C3)cc1.O=C=O.O=C=O. The smallest absolute Gasteiger partial charge is 0.373 e. The minimum Gasteiger partial charge on any atom is -0.390 e. The molecule has 0 saturated carbocycles. The van der Waals surface area contributed by atoms with Gasteiger partial charge in [-0.3, -0.25) is 68.7 Å². The zero-order valence-electron chi connectivity index (χ0n) is 78.4. The number of nitro groups is 2. The number of carbonyl (C=O) groups excluding carboxylic acids is 9. The predicted molar refractivity (Wildman–Crippen MR) is 525 cm³/mol. The highest BCUT2D eigenvalue weighted by Crippen LogP contribution is 2.44. The molecular formula is C106H88N22O15. The Hall–Kier alpha value is -19.0. The highest BCUT2D eigenvalue weighted by atomic mass is 16.6. The number of aliphatic hydroxyl groups excluding tert-OH is 2. The van der Waals surface area contributed by atoms with Gasteiger partial charge < -0.3 is 21.0 Å². The number of anilines is 9. The van der Waals surface area contributed by atoms with Crippen molar-refractivity contribution >= 4 is 116 Å². The topological polar surface area (TPSA) is 545 Å². The van der Waals surface area contributed by atoms with Gasteiger partial charge in [0.2, 0.25) is 29.5 Å². The maximum atomic E-state index is 12.8. The van der Waals surface area contributed by atoms with Crippen LogP contribution >= 0.6 is 0 Å². The molecule has 143 heavy (non-hydrogen) atoms. The molecule has 14 aromatic rings. The average Bonchev–Trinajstić information content (AvgIpc) is 1.62. The Morgan fingerprint density at radius 2 is 0.629 bits per heavy atom. The molecule has 712 valence electrons. The largest absolute Gasteiger partial charge is 0.390 e. The number of aromatic nitrogens is 10. The van der Waals surface area contributed by atoms with Crippen LogP contribution in [-0.4, -0.2) is 143 Å². The normalized spacial score (nSPS) is 12.4. The Kier molecular flexibility index (Phi) is 32.5. The van der Waals surface area contributed by atoms with Crippen molar-refractivity contribution in [3.05, 3.63) is 334 Å². The molecule has 0 saturated heterocycles. The number of rotatable bonds is 20. The Labute approximate surface area is 818 Å². The second-order valence-electron chi connectivity index (χ2n) is 33.2. The Morgan fingerprint density at radius 3 is 0.958 bits per heavy atom. The monoisotopic (exact) mass is 1910 g/mol. The Balaban J connectivity index is 0.000000148. The number of carbonyl (C=O) groups is 5. The van der Waals surface area contributed by atoms with Crippen LogP contribution in [-0.2, 0) is 75.3 Å². The van der Waals surface area contributed by atoms with Gasteiger partial charge in [-0.1, -0.05) is 211 Å². The van der Waals surface area contributed by atoms with E-state index in [1.54, 1.807) is 20.8 Å². The second kappa shape index (κ2) is 45.8. The van der Waals surface area contributed by atoms with Crippen LogP contribution in [0.4, 0.5) is 63.2 Å². The van der Waals surface area contributed by atoms with Crippen molar-refractivity contribution in [3.63, 3.8) is 0 Å². The van der Waals surface area contributed by atoms with E-state index in [9.17, 15) is 70.2 Å². The molecule has 0 aliphatic carbocycles. The standard InChI is InChI=1S/2C22H20N4O2.2C20H13N5O3.C20H22N4O.2CO2/c1-13-3-7-15(8-4-13)21-24-20(18(23)12-27)17-11-19(28)26(22(17)25-21)16-9-5-14(2)6-10-16;1-13-6-8-15(9-7-13)21-24-20(18(23)12-27)17-11-19(28)26(22(17)25-21)16-5-3-4-14(2)10-16;1-12-2-4-13(5-3-12)19-22-17(11-21)16-10-18(26)24(20(16)23-19)14-6-8-15(9-7-14)25(27)28;1-12-5-7-13(8-6-12)19-22-17(11-21)16-10-18(26)24(20(16)23-19)14-3-2-4-15(9-14)25(27)28;1-3-4-5-6-11-24-18(25)12-16-17(13-21)22-19(23-20(16)24)15-9-7-14(2)8-10-15;2*2-1-3/h2*3-10,23,27H,11-12H2,1-2H3;2*2-9H,10H2,1H3;7-10H,3-6,11-12H2,1-2H3;;. The average molecular weight is 1910 g/mol. The molecule has 0 spiro atoms. The van der Waals surface area contributed by atoms with Gasteiger partial charge in [0.15, 0.2) is 29.1 Å². The number of nitro benzene ring substituents is 2. The summed E-state index contributed by atoms with van der Waals surface area (Å²) < 4.78 is 0. The van der Waals surface area contributed by atoms with Gasteiger partial charge in [0.05, 0.1) is 101 Å². The molecule has 5 amide bonds. The van der Waals surface area contributed by atoms with Gasteiger partial charge >= 0.3 is 12.3 Å². The number of amides is 5. The molecule has 19 rings (SSSR count). The highest BCUT2D eigenvalue weighted by Gasteiger charge is 2.40. The second-order valence-corrected chi connectivity index (χ2v) is 33.2. The van der Waals surface area contributed by atoms with Gasteiger partial charge in [-0.2, -0.15) is 35.0 Å². The third-order valence-corrected chi connectivity index (χ3v) is 23.1. The lowest BCUT2D eigenvalue weighted by Crippen LogP contribution is -2.28. The van der Waals surface area contributed by atoms with Gasteiger partial charge in [-0.25, -0.2) is 49.8 Å². The highest BCUT2D eigenvalue weighted by molar-refractivity contribution is 6.13. The van der Waals surface area contributed by atoms with Gasteiger partial charge in [-0.05, 0) is 103 Å². The zero-order valence-corrected chi connectivity index (χ0v) is 78.4. The maximum Gasteiger partial charge on any atom is 0.373 e. The van der Waals surface area contributed by atoms with Crippen LogP contribution < -0.4 is 24.5 Å². The molecule has 0 atom stereocenters. The van der Waals surface area contributed by atoms with Crippen molar-refractivity contribution in [2.45, 2.75) is 113 Å². The van der Waals surface area contributed by atoms with Crippen molar-refractivity contribution in [3.8, 4) is 75.1 Å². The minimum atomic E-state index is -0.524. The summed E-state index contributed by atoms with van der Waals surface area (Å²) in [5, 5.41) is 85.8. The van der Waals surface area contributed by atoms with E-state index in [-0.39, 0.29) is 114 Å². The predicted octanol–water partition coefficient (Wildman–Crippen LogP) is 16.2. The molecule has 5 aliphatic rings. The molecular weight excluding hydrogens is 1820 g/mol. The molecule has 10 heterocycles. The lowest BCUT2D eigenvalue weighted by molar-refractivity contribution is -0.385. The number of unbranched alkanes of at least 4 members (excludes halogenated alkanes) is 3. The molecule has 9 aromatic carbocycles. The number of hydrogen-bond acceptors (Lipinski definition) is 30. The first-order valence-corrected chi connectivity index (χ1v) is 44.6. The third-order valence-electron chi connectivity index (χ3n) is 23.1. The summed E-state index contributed by atoms with van der Waals surface area (Å²) in [6.07, 6.45) is 5.27. The summed E-state index contributed by atoms with van der Waals surface area (Å²) in [7, 11) is 0. The summed E-state index contributed by atoms with van der Waals surface area (Å²) in [4.78, 5) is 169. The van der Waals surface area contributed by atoms with Crippen LogP contribution in [0.1, 0.15) is 128 Å². The number of nitrogens with zero attached hydrogens (tertiary/aromatic N) is 20. The summed E-state index contributed by atoms with van der Waals surface area (Å²) >= 11 is 0. The van der Waals surface area contributed by atoms with E-state index in [4.69, 9.17) is 30.0 Å². The first-order valence-electron chi connectivity index (χ1n) is 44.6. The molecule has 0 bridgehead atoms. The van der Waals surface area contributed by atoms with Crippen LogP contribution in [0.15, 0.2) is 218 Å². The van der Waals surface area contributed by atoms with Crippen LogP contribution in [0.3, 0.4) is 0 Å². The van der Waals surface area contributed by atoms with Gasteiger partial charge in [0.1, 0.15) is 64.4 Å². The van der Waals surface area contributed by atoms with Crippen molar-refractivity contribution in [1.82, 2.24) is 49.8 Å². The Bertz CT molecular complexity index is 7530. The number of non-ortho nitro benzene ring substituents is 2. The van der Waals surface area contributed by atoms with Crippen molar-refractivity contribution < 1.29 is 63.2 Å². The number of hydrogen-bond donors (Lipinski definition) is 4. The van der Waals surface area contributed by atoms with Crippen molar-refractivity contribution in [1.29, 1.82) is 26.6 Å².